The molecule has 5 heteroatoms. The van der Waals surface area contributed by atoms with E-state index in [4.69, 9.17) is 16.3 Å². The quantitative estimate of drug-likeness (QED) is 0.593. The van der Waals surface area contributed by atoms with Crippen molar-refractivity contribution in [2.75, 3.05) is 7.11 Å². The highest BCUT2D eigenvalue weighted by molar-refractivity contribution is 6.20. The molecule has 0 saturated carbocycles. The van der Waals surface area contributed by atoms with E-state index in [1.165, 1.54) is 7.11 Å². The second kappa shape index (κ2) is 4.04. The van der Waals surface area contributed by atoms with E-state index in [9.17, 15) is 4.39 Å². The van der Waals surface area contributed by atoms with Crippen molar-refractivity contribution in [3.63, 3.8) is 0 Å². The highest BCUT2D eigenvalue weighted by Gasteiger charge is 2.34. The molecular weight excluding hydrogens is 219 g/mol. The molecule has 0 aliphatic carbocycles. The van der Waals surface area contributed by atoms with Gasteiger partial charge in [0.05, 0.1) is 5.69 Å². The van der Waals surface area contributed by atoms with E-state index < -0.39 is 17.9 Å². The second-order valence-corrected chi connectivity index (χ2v) is 4.01. The Bertz CT molecular complexity index is 374. The van der Waals surface area contributed by atoms with Gasteiger partial charge in [-0.2, -0.15) is 0 Å². The second-order valence-electron chi connectivity index (χ2n) is 3.57. The number of nitrogens with zero attached hydrogens (tertiary/aromatic N) is 1. The topological polar surface area (TPSA) is 34.1 Å². The molecule has 0 aromatic carbocycles. The smallest absolute Gasteiger partial charge is 0.166 e. The minimum atomic E-state index is -1.23. The summed E-state index contributed by atoms with van der Waals surface area (Å²) >= 11 is 6.02. The van der Waals surface area contributed by atoms with E-state index in [0.29, 0.717) is 11.3 Å². The maximum absolute atomic E-state index is 13.9. The number of hydrogen-bond donors (Lipinski definition) is 1. The highest BCUT2D eigenvalue weighted by Crippen LogP contribution is 2.35. The molecule has 1 aliphatic rings. The third-order valence-electron chi connectivity index (χ3n) is 2.45. The number of nitrogens with one attached hydrogen (secondary N) is 1. The van der Waals surface area contributed by atoms with Crippen molar-refractivity contribution in [1.82, 2.24) is 10.3 Å². The van der Waals surface area contributed by atoms with Crippen molar-refractivity contribution in [2.24, 2.45) is 0 Å². The van der Waals surface area contributed by atoms with Crippen LogP contribution in [0.3, 0.4) is 0 Å². The van der Waals surface area contributed by atoms with Crippen LogP contribution in [0.25, 0.3) is 0 Å². The van der Waals surface area contributed by atoms with Crippen LogP contribution in [-0.2, 0) is 4.74 Å². The molecule has 0 saturated heterocycles. The standard InChI is InChI=1S/C10H12ClFN2O/c1-5-3-6-7(12)10(15-2)14-9(11)8(6)13-4-5/h3-4,7,9-10,14H,1-2H3. The van der Waals surface area contributed by atoms with Crippen molar-refractivity contribution in [2.45, 2.75) is 24.8 Å². The van der Waals surface area contributed by atoms with Crippen LogP contribution in [0.5, 0.6) is 0 Å². The van der Waals surface area contributed by atoms with Crippen molar-refractivity contribution < 1.29 is 9.13 Å². The molecule has 1 aliphatic heterocycles. The van der Waals surface area contributed by atoms with Crippen molar-refractivity contribution in [3.8, 4) is 0 Å². The lowest BCUT2D eigenvalue weighted by atomic mass is 10.0. The van der Waals surface area contributed by atoms with E-state index in [1.54, 1.807) is 12.3 Å². The van der Waals surface area contributed by atoms with Gasteiger partial charge >= 0.3 is 0 Å². The van der Waals surface area contributed by atoms with E-state index in [-0.39, 0.29) is 0 Å². The average molecular weight is 231 g/mol. The Balaban J connectivity index is 2.45. The molecule has 1 aromatic rings. The normalized spacial score (nSPS) is 30.0. The molecule has 0 amide bonds. The molecular formula is C10H12ClFN2O. The van der Waals surface area contributed by atoms with Gasteiger partial charge in [0.25, 0.3) is 0 Å². The summed E-state index contributed by atoms with van der Waals surface area (Å²) < 4.78 is 18.9. The zero-order chi connectivity index (χ0) is 11.0. The van der Waals surface area contributed by atoms with Gasteiger partial charge in [-0.25, -0.2) is 4.39 Å². The predicted molar refractivity (Wildman–Crippen MR) is 55.3 cm³/mol. The lowest BCUT2D eigenvalue weighted by Gasteiger charge is -2.31. The Labute approximate surface area is 92.6 Å². The number of pyridine rings is 1. The molecule has 1 N–H and O–H groups in total. The van der Waals surface area contributed by atoms with E-state index in [1.807, 2.05) is 6.92 Å². The van der Waals surface area contributed by atoms with Gasteiger partial charge in [-0.1, -0.05) is 11.6 Å². The van der Waals surface area contributed by atoms with Crippen LogP contribution < -0.4 is 5.32 Å². The zero-order valence-corrected chi connectivity index (χ0v) is 9.25. The van der Waals surface area contributed by atoms with Gasteiger partial charge in [0.1, 0.15) is 11.7 Å². The number of fused-ring (bicyclic) bond motifs is 1. The number of methoxy groups -OCH3 is 1. The highest BCUT2D eigenvalue weighted by atomic mass is 35.5. The Kier molecular flexibility index (Phi) is 2.91. The monoisotopic (exact) mass is 230 g/mol. The number of alkyl halides is 2. The number of ether oxygens (including phenoxy) is 1. The van der Waals surface area contributed by atoms with Gasteiger partial charge in [0.2, 0.25) is 0 Å². The summed E-state index contributed by atoms with van der Waals surface area (Å²) in [7, 11) is 1.45. The van der Waals surface area contributed by atoms with Crippen LogP contribution in [0.1, 0.15) is 28.5 Å². The van der Waals surface area contributed by atoms with Crippen LogP contribution >= 0.6 is 11.6 Å². The molecule has 3 atom stereocenters. The zero-order valence-electron chi connectivity index (χ0n) is 8.50. The minimum absolute atomic E-state index is 0.502. The van der Waals surface area contributed by atoms with E-state index in [2.05, 4.69) is 10.3 Å². The largest absolute Gasteiger partial charge is 0.363 e. The molecule has 3 nitrogen and oxygen atoms in total. The maximum Gasteiger partial charge on any atom is 0.166 e. The molecule has 0 radical (unpaired) electrons. The SMILES string of the molecule is COC1NC(Cl)c2ncc(C)cc2C1F. The summed E-state index contributed by atoms with van der Waals surface area (Å²) in [5, 5.41) is 2.80. The molecule has 3 unspecified atom stereocenters. The van der Waals surface area contributed by atoms with Gasteiger partial charge in [0, 0.05) is 18.9 Å². The average Bonchev–Trinajstić information content (AvgIpc) is 2.23. The lowest BCUT2D eigenvalue weighted by Crippen LogP contribution is -2.41. The third kappa shape index (κ3) is 1.85. The Morgan fingerprint density at radius 3 is 3.00 bits per heavy atom. The molecule has 0 spiro atoms. The van der Waals surface area contributed by atoms with Crippen LogP contribution in [0.4, 0.5) is 4.39 Å². The fourth-order valence-electron chi connectivity index (χ4n) is 1.69. The first-order valence-corrected chi connectivity index (χ1v) is 5.10. The molecule has 2 rings (SSSR count). The molecule has 2 heterocycles. The van der Waals surface area contributed by atoms with Gasteiger partial charge in [-0.05, 0) is 18.6 Å². The van der Waals surface area contributed by atoms with Crippen molar-refractivity contribution in [3.05, 3.63) is 29.1 Å². The Morgan fingerprint density at radius 2 is 2.33 bits per heavy atom. The van der Waals surface area contributed by atoms with Gasteiger partial charge in [-0.15, -0.1) is 0 Å². The number of aromatic nitrogens is 1. The fraction of sp³-hybridized carbons (Fsp3) is 0.500. The molecule has 0 bridgehead atoms. The predicted octanol–water partition coefficient (Wildman–Crippen LogP) is 2.21. The molecule has 82 valence electrons. The van der Waals surface area contributed by atoms with Gasteiger partial charge < -0.3 is 4.74 Å². The summed E-state index contributed by atoms with van der Waals surface area (Å²) in [6.07, 6.45) is -0.258. The lowest BCUT2D eigenvalue weighted by molar-refractivity contribution is -0.00375. The fourth-order valence-corrected chi connectivity index (χ4v) is 2.00. The molecule has 15 heavy (non-hydrogen) atoms. The van der Waals surface area contributed by atoms with Crippen LogP contribution in [0.15, 0.2) is 12.3 Å². The van der Waals surface area contributed by atoms with Gasteiger partial charge in [-0.3, -0.25) is 10.3 Å². The number of halogens is 2. The van der Waals surface area contributed by atoms with Crippen LogP contribution in [-0.4, -0.2) is 18.3 Å². The Morgan fingerprint density at radius 1 is 1.60 bits per heavy atom. The van der Waals surface area contributed by atoms with Crippen LogP contribution in [0, 0.1) is 6.92 Å². The van der Waals surface area contributed by atoms with Crippen LogP contribution in [0.2, 0.25) is 0 Å². The van der Waals surface area contributed by atoms with Crippen molar-refractivity contribution in [1.29, 1.82) is 0 Å². The third-order valence-corrected chi connectivity index (χ3v) is 2.79. The summed E-state index contributed by atoms with van der Waals surface area (Å²) in [6.45, 7) is 1.87. The summed E-state index contributed by atoms with van der Waals surface area (Å²) in [5.74, 6) is 0. The summed E-state index contributed by atoms with van der Waals surface area (Å²) in [5.41, 5.74) is 1.47. The van der Waals surface area contributed by atoms with E-state index in [0.717, 1.165) is 5.56 Å². The molecule has 1 aromatic heterocycles. The Hall–Kier alpha value is -0.710. The maximum atomic E-state index is 13.9. The number of rotatable bonds is 1. The first-order chi connectivity index (χ1) is 7.13. The molecule has 0 fully saturated rings. The first kappa shape index (κ1) is 10.8. The minimum Gasteiger partial charge on any atom is -0.363 e. The number of hydrogen-bond acceptors (Lipinski definition) is 3. The summed E-state index contributed by atoms with van der Waals surface area (Å²) in [6, 6.07) is 1.76. The van der Waals surface area contributed by atoms with Gasteiger partial charge in [0.15, 0.2) is 6.17 Å². The van der Waals surface area contributed by atoms with Crippen molar-refractivity contribution >= 4 is 11.6 Å². The summed E-state index contributed by atoms with van der Waals surface area (Å²) in [4.78, 5) is 4.13. The first-order valence-electron chi connectivity index (χ1n) is 4.67. The van der Waals surface area contributed by atoms with E-state index >= 15 is 0 Å². The number of aryl methyl sites for hydroxylation is 1.